The summed E-state index contributed by atoms with van der Waals surface area (Å²) in [5.74, 6) is -0.804. The monoisotopic (exact) mass is 797 g/mol. The van der Waals surface area contributed by atoms with Crippen molar-refractivity contribution >= 4 is 11.9 Å². The molecule has 0 aromatic heterocycles. The third kappa shape index (κ3) is 35.9. The van der Waals surface area contributed by atoms with Crippen molar-refractivity contribution in [3.63, 3.8) is 0 Å². The van der Waals surface area contributed by atoms with Crippen LogP contribution in [0.2, 0.25) is 0 Å². The fourth-order valence-electron chi connectivity index (χ4n) is 3.84. The summed E-state index contributed by atoms with van der Waals surface area (Å²) >= 11 is 0. The van der Waals surface area contributed by atoms with Crippen LogP contribution < -0.4 is 0 Å². The first-order chi connectivity index (χ1) is 27.7. The van der Waals surface area contributed by atoms with Crippen molar-refractivity contribution in [3.8, 4) is 0 Å². The Morgan fingerprint density at radius 3 is 1.09 bits per heavy atom. The molecule has 0 aliphatic heterocycles. The molecule has 18 heteroatoms. The Balaban J connectivity index is 0.000000561. The van der Waals surface area contributed by atoms with Gasteiger partial charge in [-0.05, 0) is 16.7 Å². The third-order valence-electron chi connectivity index (χ3n) is 6.54. The number of nitrogens with zero attached hydrogens (tertiary/aromatic N) is 3. The van der Waals surface area contributed by atoms with Crippen LogP contribution in [0, 0.1) is 0 Å². The Hall–Kier alpha value is -3.75. The van der Waals surface area contributed by atoms with E-state index in [2.05, 4.69) is 10.0 Å². The minimum atomic E-state index is -0.404. The maximum atomic E-state index is 11.5. The second-order valence-electron chi connectivity index (χ2n) is 11.0. The van der Waals surface area contributed by atoms with Crippen LogP contribution in [0.1, 0.15) is 11.1 Å². The highest BCUT2D eigenvalue weighted by Crippen LogP contribution is 2.02. The number of hydrogen-bond donors (Lipinski definition) is 1. The largest absolute Gasteiger partial charge is 0.459 e. The van der Waals surface area contributed by atoms with Crippen molar-refractivity contribution in [2.24, 2.45) is 5.11 Å². The molecule has 0 saturated heterocycles. The van der Waals surface area contributed by atoms with Crippen molar-refractivity contribution < 1.29 is 71.5 Å². The van der Waals surface area contributed by atoms with Gasteiger partial charge in [-0.1, -0.05) is 65.8 Å². The number of rotatable bonds is 37. The van der Waals surface area contributed by atoms with E-state index < -0.39 is 11.9 Å². The molecule has 0 aliphatic carbocycles. The van der Waals surface area contributed by atoms with E-state index in [4.69, 9.17) is 67.5 Å². The smallest absolute Gasteiger partial charge is 0.332 e. The number of esters is 2. The highest BCUT2D eigenvalue weighted by molar-refractivity contribution is 5.71. The lowest BCUT2D eigenvalue weighted by Gasteiger charge is -2.08. The predicted octanol–water partition coefficient (Wildman–Crippen LogP) is 2.93. The molecular weight excluding hydrogens is 738 g/mol. The quantitative estimate of drug-likeness (QED) is 0.0342. The van der Waals surface area contributed by atoms with Crippen LogP contribution in [0.3, 0.4) is 0 Å². The summed E-state index contributed by atoms with van der Waals surface area (Å²) in [5, 5.41) is 11.9. The van der Waals surface area contributed by atoms with Crippen molar-refractivity contribution in [3.05, 3.63) is 82.2 Å². The summed E-state index contributed by atoms with van der Waals surface area (Å²) in [6, 6.07) is 18.9. The molecule has 316 valence electrons. The topological polar surface area (TPSA) is 214 Å². The van der Waals surface area contributed by atoms with Gasteiger partial charge in [0.25, 0.3) is 0 Å². The van der Waals surface area contributed by atoms with Gasteiger partial charge in [0.1, 0.15) is 26.4 Å². The summed E-state index contributed by atoms with van der Waals surface area (Å²) in [6.07, 6.45) is 0. The number of carbonyl (C=O) groups is 2. The molecule has 0 saturated carbocycles. The van der Waals surface area contributed by atoms with Gasteiger partial charge < -0.3 is 61.9 Å². The maximum absolute atomic E-state index is 11.5. The predicted molar refractivity (Wildman–Crippen MR) is 202 cm³/mol. The zero-order valence-corrected chi connectivity index (χ0v) is 32.2. The molecule has 1 N–H and O–H groups in total. The van der Waals surface area contributed by atoms with Crippen molar-refractivity contribution in [2.75, 3.05) is 145 Å². The van der Waals surface area contributed by atoms with Crippen molar-refractivity contribution in [1.82, 2.24) is 0 Å². The van der Waals surface area contributed by atoms with Crippen LogP contribution in [0.4, 0.5) is 0 Å². The van der Waals surface area contributed by atoms with E-state index in [1.807, 2.05) is 60.7 Å². The molecule has 0 atom stereocenters. The molecule has 0 aliphatic rings. The highest BCUT2D eigenvalue weighted by atomic mass is 16.6. The lowest BCUT2D eigenvalue weighted by molar-refractivity contribution is -0.151. The summed E-state index contributed by atoms with van der Waals surface area (Å²) in [7, 11) is 0. The van der Waals surface area contributed by atoms with Gasteiger partial charge in [-0.15, -0.1) is 0 Å². The molecule has 18 nitrogen and oxygen atoms in total. The molecular formula is C38H59N3O15. The van der Waals surface area contributed by atoms with E-state index in [9.17, 15) is 9.59 Å². The zero-order valence-electron chi connectivity index (χ0n) is 32.2. The molecule has 0 unspecified atom stereocenters. The molecule has 0 spiro atoms. The molecule has 0 fully saturated rings. The first kappa shape index (κ1) is 50.3. The molecule has 0 amide bonds. The normalized spacial score (nSPS) is 10.7. The van der Waals surface area contributed by atoms with Crippen molar-refractivity contribution in [1.29, 1.82) is 0 Å². The summed E-state index contributed by atoms with van der Waals surface area (Å²) in [6.45, 7) is 8.27. The van der Waals surface area contributed by atoms with Crippen LogP contribution in [0.15, 0.2) is 65.8 Å². The van der Waals surface area contributed by atoms with E-state index >= 15 is 0 Å². The Morgan fingerprint density at radius 1 is 0.464 bits per heavy atom. The zero-order chi connectivity index (χ0) is 40.3. The maximum Gasteiger partial charge on any atom is 0.332 e. The number of ether oxygens (including phenoxy) is 12. The lowest BCUT2D eigenvalue weighted by atomic mass is 10.2. The molecule has 0 bridgehead atoms. The molecule has 56 heavy (non-hydrogen) atoms. The Bertz CT molecular complexity index is 1210. The number of azide groups is 1. The second-order valence-corrected chi connectivity index (χ2v) is 11.0. The molecule has 2 aromatic carbocycles. The minimum Gasteiger partial charge on any atom is -0.459 e. The van der Waals surface area contributed by atoms with Gasteiger partial charge in [0.2, 0.25) is 0 Å². The number of carbonyl (C=O) groups excluding carboxylic acids is 2. The second kappa shape index (κ2) is 40.9. The molecule has 2 aromatic rings. The molecule has 2 rings (SSSR count). The highest BCUT2D eigenvalue weighted by Gasteiger charge is 2.05. The fourth-order valence-corrected chi connectivity index (χ4v) is 3.84. The Kier molecular flexibility index (Phi) is 36.7. The minimum absolute atomic E-state index is 0.0203. The summed E-state index contributed by atoms with van der Waals surface area (Å²) in [5.41, 5.74) is 9.96. The Morgan fingerprint density at radius 2 is 0.768 bits per heavy atom. The van der Waals surface area contributed by atoms with E-state index in [1.54, 1.807) is 0 Å². The third-order valence-corrected chi connectivity index (χ3v) is 6.54. The van der Waals surface area contributed by atoms with Gasteiger partial charge in [0, 0.05) is 11.5 Å². The van der Waals surface area contributed by atoms with Gasteiger partial charge >= 0.3 is 11.9 Å². The van der Waals surface area contributed by atoms with E-state index in [0.717, 1.165) is 11.1 Å². The van der Waals surface area contributed by atoms with Crippen LogP contribution in [0.25, 0.3) is 10.4 Å². The van der Waals surface area contributed by atoms with Gasteiger partial charge in [-0.2, -0.15) is 0 Å². The number of aliphatic hydroxyl groups is 1. The van der Waals surface area contributed by atoms with Gasteiger partial charge in [-0.25, -0.2) is 9.59 Å². The number of hydrogen-bond acceptors (Lipinski definition) is 16. The van der Waals surface area contributed by atoms with Gasteiger partial charge in [0.05, 0.1) is 126 Å². The SMILES string of the molecule is O=C(COCCOCCOCCOCCOCCO)OCc1ccccc1.[N-]=[N+]=NCCOCCOCCOCCOCCOCC(=O)OCc1ccccc1. The summed E-state index contributed by atoms with van der Waals surface area (Å²) in [4.78, 5) is 25.7. The van der Waals surface area contributed by atoms with Gasteiger partial charge in [0.15, 0.2) is 0 Å². The van der Waals surface area contributed by atoms with Crippen LogP contribution in [0.5, 0.6) is 0 Å². The average molecular weight is 798 g/mol. The fraction of sp³-hybridized carbons (Fsp3) is 0.632. The first-order valence-corrected chi connectivity index (χ1v) is 18.4. The summed E-state index contributed by atoms with van der Waals surface area (Å²) < 4.78 is 62.8. The first-order valence-electron chi connectivity index (χ1n) is 18.4. The van der Waals surface area contributed by atoms with E-state index in [1.165, 1.54) is 0 Å². The standard InChI is InChI=1S/C19H29N3O7.C19H30O8/c20-22-21-6-7-24-8-9-25-10-11-26-12-13-27-14-15-28-17-19(23)29-16-18-4-2-1-3-5-18;20-6-7-22-8-9-23-10-11-24-12-13-25-14-15-26-17-19(21)27-16-18-4-2-1-3-5-18/h1-5H,6-17H2;1-5,20H,6-17H2. The molecule has 0 heterocycles. The lowest BCUT2D eigenvalue weighted by Crippen LogP contribution is -2.16. The number of benzene rings is 2. The number of aliphatic hydroxyl groups excluding tert-OH is 1. The van der Waals surface area contributed by atoms with Crippen LogP contribution >= 0.6 is 0 Å². The van der Waals surface area contributed by atoms with E-state index in [0.29, 0.717) is 125 Å². The van der Waals surface area contributed by atoms with Gasteiger partial charge in [-0.3, -0.25) is 0 Å². The van der Waals surface area contributed by atoms with E-state index in [-0.39, 0.29) is 33.0 Å². The average Bonchev–Trinajstić information content (AvgIpc) is 3.23. The van der Waals surface area contributed by atoms with Crippen LogP contribution in [-0.4, -0.2) is 162 Å². The Labute approximate surface area is 329 Å². The molecule has 0 radical (unpaired) electrons. The van der Waals surface area contributed by atoms with Crippen LogP contribution in [-0.2, 0) is 79.6 Å². The van der Waals surface area contributed by atoms with Crippen molar-refractivity contribution in [2.45, 2.75) is 13.2 Å².